The van der Waals surface area contributed by atoms with Crippen molar-refractivity contribution >= 4 is 5.97 Å². The summed E-state index contributed by atoms with van der Waals surface area (Å²) in [5, 5.41) is 0. The van der Waals surface area contributed by atoms with Gasteiger partial charge in [-0.15, -0.1) is 0 Å². The minimum Gasteiger partial charge on any atom is -0.465 e. The van der Waals surface area contributed by atoms with Crippen molar-refractivity contribution in [1.29, 1.82) is 0 Å². The molecular weight excluding hydrogens is 322 g/mol. The maximum Gasteiger partial charge on any atom is 0.340 e. The number of nitrogens with zero attached hydrogens (tertiary/aromatic N) is 1. The van der Waals surface area contributed by atoms with Crippen molar-refractivity contribution in [2.24, 2.45) is 5.73 Å². The fraction of sp³-hybridized carbons (Fsp3) is 0.278. The highest BCUT2D eigenvalue weighted by Gasteiger charge is 2.37. The maximum atomic E-state index is 12.7. The maximum absolute atomic E-state index is 12.7. The number of pyridine rings is 2. The SMILES string of the molecule is CCCc1cc2c(c(=O)[nH]1)C(c1ccncc1)C(C(=O)OC)=C(N)O2. The van der Waals surface area contributed by atoms with Gasteiger partial charge in [-0.05, 0) is 24.1 Å². The van der Waals surface area contributed by atoms with Crippen LogP contribution in [0.25, 0.3) is 0 Å². The van der Waals surface area contributed by atoms with Crippen LogP contribution in [0.3, 0.4) is 0 Å². The highest BCUT2D eigenvalue weighted by molar-refractivity contribution is 5.92. The number of ether oxygens (including phenoxy) is 2. The predicted molar refractivity (Wildman–Crippen MR) is 91.0 cm³/mol. The lowest BCUT2D eigenvalue weighted by Gasteiger charge is -2.27. The normalized spacial score (nSPS) is 16.2. The van der Waals surface area contributed by atoms with E-state index in [0.29, 0.717) is 23.3 Å². The van der Waals surface area contributed by atoms with E-state index in [2.05, 4.69) is 9.97 Å². The quantitative estimate of drug-likeness (QED) is 0.818. The third-order valence-electron chi connectivity index (χ3n) is 4.12. The largest absolute Gasteiger partial charge is 0.465 e. The lowest BCUT2D eigenvalue weighted by atomic mass is 9.84. The zero-order chi connectivity index (χ0) is 18.0. The van der Waals surface area contributed by atoms with Crippen LogP contribution in [0, 0.1) is 0 Å². The molecule has 0 aromatic carbocycles. The van der Waals surface area contributed by atoms with E-state index < -0.39 is 11.9 Å². The van der Waals surface area contributed by atoms with Crippen LogP contribution in [-0.4, -0.2) is 23.0 Å². The van der Waals surface area contributed by atoms with Gasteiger partial charge in [0.2, 0.25) is 5.88 Å². The van der Waals surface area contributed by atoms with Crippen molar-refractivity contribution in [2.75, 3.05) is 7.11 Å². The van der Waals surface area contributed by atoms with Crippen LogP contribution in [0.15, 0.2) is 46.8 Å². The van der Waals surface area contributed by atoms with E-state index in [-0.39, 0.29) is 17.0 Å². The molecule has 2 aromatic rings. The molecule has 3 rings (SSSR count). The van der Waals surface area contributed by atoms with Crippen LogP contribution in [0.1, 0.15) is 36.1 Å². The molecule has 1 aliphatic rings. The molecule has 0 aliphatic carbocycles. The second-order valence-electron chi connectivity index (χ2n) is 5.74. The summed E-state index contributed by atoms with van der Waals surface area (Å²) in [6.07, 6.45) is 4.77. The van der Waals surface area contributed by atoms with Gasteiger partial charge in [-0.3, -0.25) is 9.78 Å². The van der Waals surface area contributed by atoms with Crippen molar-refractivity contribution in [1.82, 2.24) is 9.97 Å². The van der Waals surface area contributed by atoms with Gasteiger partial charge in [-0.1, -0.05) is 13.3 Å². The summed E-state index contributed by atoms with van der Waals surface area (Å²) in [6.45, 7) is 2.02. The third-order valence-corrected chi connectivity index (χ3v) is 4.12. The second-order valence-corrected chi connectivity index (χ2v) is 5.74. The molecule has 1 aliphatic heterocycles. The summed E-state index contributed by atoms with van der Waals surface area (Å²) in [5.41, 5.74) is 7.60. The van der Waals surface area contributed by atoms with E-state index in [0.717, 1.165) is 12.1 Å². The monoisotopic (exact) mass is 341 g/mol. The van der Waals surface area contributed by atoms with Crippen molar-refractivity contribution < 1.29 is 14.3 Å². The van der Waals surface area contributed by atoms with Crippen molar-refractivity contribution in [3.63, 3.8) is 0 Å². The Kier molecular flexibility index (Phi) is 4.56. The summed E-state index contributed by atoms with van der Waals surface area (Å²) >= 11 is 0. The number of methoxy groups -OCH3 is 1. The van der Waals surface area contributed by atoms with Crippen molar-refractivity contribution in [2.45, 2.75) is 25.7 Å². The zero-order valence-corrected chi connectivity index (χ0v) is 14.0. The van der Waals surface area contributed by atoms with Crippen LogP contribution in [0.2, 0.25) is 0 Å². The van der Waals surface area contributed by atoms with Crippen LogP contribution in [0.4, 0.5) is 0 Å². The van der Waals surface area contributed by atoms with E-state index in [1.54, 1.807) is 30.6 Å². The van der Waals surface area contributed by atoms with Gasteiger partial charge in [0.05, 0.1) is 18.6 Å². The number of carbonyl (C=O) groups is 1. The first-order valence-corrected chi connectivity index (χ1v) is 7.98. The summed E-state index contributed by atoms with van der Waals surface area (Å²) in [4.78, 5) is 31.9. The van der Waals surface area contributed by atoms with Crippen LogP contribution in [-0.2, 0) is 16.0 Å². The van der Waals surface area contributed by atoms with Gasteiger partial charge in [0, 0.05) is 24.2 Å². The smallest absolute Gasteiger partial charge is 0.340 e. The second kappa shape index (κ2) is 6.80. The molecule has 0 saturated carbocycles. The Hall–Kier alpha value is -3.09. The minimum atomic E-state index is -0.682. The van der Waals surface area contributed by atoms with Gasteiger partial charge in [0.15, 0.2) is 0 Å². The topological polar surface area (TPSA) is 107 Å². The molecule has 3 N–H and O–H groups in total. The molecule has 7 nitrogen and oxygen atoms in total. The molecule has 0 fully saturated rings. The Morgan fingerprint density at radius 2 is 2.12 bits per heavy atom. The average Bonchev–Trinajstić information content (AvgIpc) is 2.61. The van der Waals surface area contributed by atoms with Gasteiger partial charge in [-0.2, -0.15) is 0 Å². The Labute approximate surface area is 144 Å². The number of hydrogen-bond acceptors (Lipinski definition) is 6. The summed E-state index contributed by atoms with van der Waals surface area (Å²) < 4.78 is 10.5. The van der Waals surface area contributed by atoms with E-state index in [1.165, 1.54) is 7.11 Å². The number of aromatic nitrogens is 2. The van der Waals surface area contributed by atoms with E-state index in [9.17, 15) is 9.59 Å². The van der Waals surface area contributed by atoms with Gasteiger partial charge in [0.1, 0.15) is 11.3 Å². The first-order chi connectivity index (χ1) is 12.1. The molecule has 2 aromatic heterocycles. The highest BCUT2D eigenvalue weighted by Crippen LogP contribution is 2.40. The van der Waals surface area contributed by atoms with E-state index >= 15 is 0 Å². The van der Waals surface area contributed by atoms with E-state index in [4.69, 9.17) is 15.2 Å². The molecule has 0 radical (unpaired) electrons. The zero-order valence-electron chi connectivity index (χ0n) is 14.0. The molecule has 0 spiro atoms. The molecule has 25 heavy (non-hydrogen) atoms. The standard InChI is InChI=1S/C18H19N3O4/c1-3-4-11-9-12-14(17(22)21-11)13(10-5-7-20-8-6-10)15(16(19)25-12)18(23)24-2/h5-9,13H,3-4,19H2,1-2H3,(H,21,22). The predicted octanol–water partition coefficient (Wildman–Crippen LogP) is 1.59. The number of carbonyl (C=O) groups excluding carboxylic acids is 1. The number of nitrogens with two attached hydrogens (primary N) is 1. The van der Waals surface area contributed by atoms with Crippen molar-refractivity contribution in [3.8, 4) is 5.75 Å². The minimum absolute atomic E-state index is 0.0609. The van der Waals surface area contributed by atoms with Crippen LogP contribution >= 0.6 is 0 Å². The average molecular weight is 341 g/mol. The summed E-state index contributed by atoms with van der Waals surface area (Å²) in [7, 11) is 1.26. The fourth-order valence-corrected chi connectivity index (χ4v) is 3.04. The fourth-order valence-electron chi connectivity index (χ4n) is 3.04. The summed E-state index contributed by atoms with van der Waals surface area (Å²) in [5.74, 6) is -1.02. The number of aromatic amines is 1. The molecule has 1 atom stereocenters. The number of fused-ring (bicyclic) bond motifs is 1. The third kappa shape index (κ3) is 3.00. The molecule has 0 amide bonds. The van der Waals surface area contributed by atoms with Crippen LogP contribution < -0.4 is 16.0 Å². The first kappa shape index (κ1) is 16.8. The molecule has 0 saturated heterocycles. The number of esters is 1. The number of aryl methyl sites for hydroxylation is 1. The van der Waals surface area contributed by atoms with Gasteiger partial charge in [0.25, 0.3) is 5.56 Å². The van der Waals surface area contributed by atoms with Crippen LogP contribution in [0.5, 0.6) is 5.75 Å². The molecule has 0 bridgehead atoms. The Morgan fingerprint density at radius 3 is 2.76 bits per heavy atom. The number of H-pyrrole nitrogens is 1. The lowest BCUT2D eigenvalue weighted by molar-refractivity contribution is -0.136. The van der Waals surface area contributed by atoms with Gasteiger partial charge >= 0.3 is 5.97 Å². The Morgan fingerprint density at radius 1 is 1.40 bits per heavy atom. The number of nitrogens with one attached hydrogen (secondary N) is 1. The number of hydrogen-bond donors (Lipinski definition) is 2. The first-order valence-electron chi connectivity index (χ1n) is 7.98. The van der Waals surface area contributed by atoms with Crippen molar-refractivity contribution in [3.05, 3.63) is 69.2 Å². The molecule has 1 unspecified atom stereocenters. The Bertz CT molecular complexity index is 887. The molecule has 3 heterocycles. The highest BCUT2D eigenvalue weighted by atomic mass is 16.5. The van der Waals surface area contributed by atoms with E-state index in [1.807, 2.05) is 6.92 Å². The Balaban J connectivity index is 2.25. The van der Waals surface area contributed by atoms with Gasteiger partial charge < -0.3 is 20.2 Å². The van der Waals surface area contributed by atoms with Gasteiger partial charge in [-0.25, -0.2) is 4.79 Å². The summed E-state index contributed by atoms with van der Waals surface area (Å²) in [6, 6.07) is 5.22. The molecule has 7 heteroatoms. The number of rotatable bonds is 4. The molecule has 130 valence electrons. The lowest BCUT2D eigenvalue weighted by Crippen LogP contribution is -2.32. The molecular formula is C18H19N3O4.